The smallest absolute Gasteiger partial charge is 0.130 e. The van der Waals surface area contributed by atoms with Gasteiger partial charge in [-0.1, -0.05) is 161 Å². The predicted molar refractivity (Wildman–Crippen MR) is 232 cm³/mol. The summed E-state index contributed by atoms with van der Waals surface area (Å²) in [6.07, 6.45) is 10.8. The minimum absolute atomic E-state index is 0.302. The molecule has 0 spiro atoms. The molecule has 1 fully saturated rings. The van der Waals surface area contributed by atoms with Crippen LogP contribution in [0.1, 0.15) is 171 Å². The Labute approximate surface area is 322 Å². The third-order valence-corrected chi connectivity index (χ3v) is 10.3. The van der Waals surface area contributed by atoms with E-state index in [9.17, 15) is 4.79 Å². The molecule has 0 saturated heterocycles. The van der Waals surface area contributed by atoms with Gasteiger partial charge in [0.1, 0.15) is 11.5 Å². The van der Waals surface area contributed by atoms with Crippen LogP contribution in [0.3, 0.4) is 0 Å². The van der Waals surface area contributed by atoms with E-state index in [-0.39, 0.29) is 0 Å². The van der Waals surface area contributed by atoms with E-state index in [1.807, 2.05) is 51.1 Å². The maximum Gasteiger partial charge on any atom is 0.130 e. The number of benzene rings is 1. The molecule has 0 bridgehead atoms. The van der Waals surface area contributed by atoms with Crippen LogP contribution in [0.4, 0.5) is 0 Å². The largest absolute Gasteiger partial charge is 0.493 e. The molecule has 1 aliphatic rings. The Morgan fingerprint density at radius 1 is 0.667 bits per heavy atom. The Bertz CT molecular complexity index is 866. The van der Waals surface area contributed by atoms with Crippen LogP contribution in [-0.4, -0.2) is 25.6 Å². The fourth-order valence-corrected chi connectivity index (χ4v) is 3.90. The average molecular weight is 719 g/mol. The van der Waals surface area contributed by atoms with Gasteiger partial charge in [0.2, 0.25) is 0 Å². The molecule has 0 amide bonds. The number of Topliss-reactive ketones (excluding diaryl/α,β-unsaturated/α-hetero) is 1. The maximum absolute atomic E-state index is 10.6. The summed E-state index contributed by atoms with van der Waals surface area (Å²) in [7, 11) is 0. The van der Waals surface area contributed by atoms with Gasteiger partial charge in [0.15, 0.2) is 0 Å². The Hall–Kier alpha value is -1.61. The van der Waals surface area contributed by atoms with Crippen LogP contribution in [0.15, 0.2) is 42.5 Å². The lowest BCUT2D eigenvalue weighted by atomic mass is 9.93. The Morgan fingerprint density at radius 3 is 1.43 bits per heavy atom. The Balaban J connectivity index is -0.000000270. The van der Waals surface area contributed by atoms with E-state index in [1.165, 1.54) is 25.7 Å². The second kappa shape index (κ2) is 36.7. The summed E-state index contributed by atoms with van der Waals surface area (Å²) in [5.74, 6) is 9.81. The lowest BCUT2D eigenvalue weighted by Gasteiger charge is -2.16. The molecule has 1 aromatic rings. The fourth-order valence-electron chi connectivity index (χ4n) is 3.90. The molecule has 0 radical (unpaired) electrons. The maximum atomic E-state index is 10.6. The zero-order valence-corrected chi connectivity index (χ0v) is 38.3. The van der Waals surface area contributed by atoms with Crippen molar-refractivity contribution in [1.29, 1.82) is 0 Å². The van der Waals surface area contributed by atoms with Crippen molar-refractivity contribution in [2.24, 2.45) is 65.1 Å². The second-order valence-electron chi connectivity index (χ2n) is 16.8. The highest BCUT2D eigenvalue weighted by Crippen LogP contribution is 2.36. The van der Waals surface area contributed by atoms with Crippen molar-refractivity contribution in [3.05, 3.63) is 42.5 Å². The summed E-state index contributed by atoms with van der Waals surface area (Å²) >= 11 is 0. The molecule has 2 rings (SSSR count). The topological polar surface area (TPSA) is 35.5 Å². The van der Waals surface area contributed by atoms with Gasteiger partial charge < -0.3 is 14.3 Å². The van der Waals surface area contributed by atoms with Gasteiger partial charge in [0.25, 0.3) is 0 Å². The molecule has 0 heterocycles. The molecule has 5 atom stereocenters. The molecule has 0 N–H and O–H groups in total. The van der Waals surface area contributed by atoms with Crippen molar-refractivity contribution in [3.8, 4) is 5.75 Å². The zero-order chi connectivity index (χ0) is 40.5. The van der Waals surface area contributed by atoms with E-state index >= 15 is 0 Å². The van der Waals surface area contributed by atoms with E-state index in [2.05, 4.69) is 123 Å². The molecular weight excluding hydrogens is 625 g/mol. The number of carbonyl (C=O) groups excluding carboxylic acids is 1. The number of para-hydroxylation sites is 1. The molecule has 51 heavy (non-hydrogen) atoms. The zero-order valence-electron chi connectivity index (χ0n) is 38.3. The lowest BCUT2D eigenvalue weighted by molar-refractivity contribution is -0.118. The Morgan fingerprint density at radius 2 is 1.10 bits per heavy atom. The highest BCUT2D eigenvalue weighted by atomic mass is 16.5. The number of rotatable bonds is 17. The van der Waals surface area contributed by atoms with Crippen molar-refractivity contribution in [3.63, 3.8) is 0 Å². The first-order chi connectivity index (χ1) is 23.8. The first kappa shape index (κ1) is 56.1. The number of allylic oxidation sites excluding steroid dienone is 2. The Kier molecular flexibility index (Phi) is 40.4. The van der Waals surface area contributed by atoms with Crippen LogP contribution in [-0.2, 0) is 9.53 Å². The predicted octanol–water partition coefficient (Wildman–Crippen LogP) is 15.3. The van der Waals surface area contributed by atoms with Crippen molar-refractivity contribution in [2.75, 3.05) is 19.8 Å². The van der Waals surface area contributed by atoms with Gasteiger partial charge in [0.05, 0.1) is 6.61 Å². The summed E-state index contributed by atoms with van der Waals surface area (Å²) in [4.78, 5) is 10.6. The van der Waals surface area contributed by atoms with Crippen LogP contribution in [0.5, 0.6) is 5.75 Å². The normalized spacial score (nSPS) is 15.1. The van der Waals surface area contributed by atoms with E-state index in [1.54, 1.807) is 6.92 Å². The summed E-state index contributed by atoms with van der Waals surface area (Å²) in [6, 6.07) is 9.98. The summed E-state index contributed by atoms with van der Waals surface area (Å²) in [5, 5.41) is 0. The monoisotopic (exact) mass is 719 g/mol. The van der Waals surface area contributed by atoms with Crippen LogP contribution in [0.25, 0.3) is 0 Å². The van der Waals surface area contributed by atoms with Gasteiger partial charge in [-0.25, -0.2) is 0 Å². The number of hydrogen-bond donors (Lipinski definition) is 0. The van der Waals surface area contributed by atoms with Gasteiger partial charge in [-0.05, 0) is 111 Å². The number of ether oxygens (including phenoxy) is 2. The molecule has 1 aliphatic carbocycles. The van der Waals surface area contributed by atoms with Gasteiger partial charge in [-0.15, -0.1) is 0 Å². The first-order valence-electron chi connectivity index (χ1n) is 21.2. The molecule has 5 unspecified atom stereocenters. The lowest BCUT2D eigenvalue weighted by Crippen LogP contribution is -2.13. The third kappa shape index (κ3) is 41.0. The van der Waals surface area contributed by atoms with Crippen molar-refractivity contribution in [1.82, 2.24) is 0 Å². The average Bonchev–Trinajstić information content (AvgIpc) is 3.91. The molecule has 1 aromatic carbocycles. The quantitative estimate of drug-likeness (QED) is 0.150. The first-order valence-corrected chi connectivity index (χ1v) is 21.2. The van der Waals surface area contributed by atoms with Gasteiger partial charge in [-0.3, -0.25) is 0 Å². The molecule has 304 valence electrons. The summed E-state index contributed by atoms with van der Waals surface area (Å²) in [6.45, 7) is 45.9. The van der Waals surface area contributed by atoms with Gasteiger partial charge in [0, 0.05) is 19.6 Å². The van der Waals surface area contributed by atoms with Gasteiger partial charge >= 0.3 is 0 Å². The summed E-state index contributed by atoms with van der Waals surface area (Å²) < 4.78 is 10.9. The van der Waals surface area contributed by atoms with Crippen LogP contribution in [0, 0.1) is 65.1 Å². The van der Waals surface area contributed by atoms with E-state index < -0.39 is 0 Å². The van der Waals surface area contributed by atoms with Crippen molar-refractivity contribution in [2.45, 2.75) is 171 Å². The summed E-state index contributed by atoms with van der Waals surface area (Å²) in [5.41, 5.74) is 0. The molecule has 3 nitrogen and oxygen atoms in total. The molecule has 3 heteroatoms. The van der Waals surface area contributed by atoms with Gasteiger partial charge in [-0.2, -0.15) is 0 Å². The number of hydrogen-bond acceptors (Lipinski definition) is 3. The van der Waals surface area contributed by atoms with Crippen LogP contribution < -0.4 is 4.74 Å². The second-order valence-corrected chi connectivity index (χ2v) is 16.8. The molecule has 0 aliphatic heterocycles. The highest BCUT2D eigenvalue weighted by Gasteiger charge is 2.24. The number of carbonyl (C=O) groups is 1. The minimum atomic E-state index is 0.302. The fraction of sp³-hybridized carbons (Fsp3) is 0.812. The molecule has 1 saturated carbocycles. The molecule has 0 aromatic heterocycles. The molecular formula is C48H94O3. The van der Waals surface area contributed by atoms with Crippen LogP contribution in [0.2, 0.25) is 0 Å². The minimum Gasteiger partial charge on any atom is -0.493 e. The standard InChI is InChI=1S/C12H18O.2C9H18.C8H16O.C8H18O.C2H6/c1-10(2)11(3)9-13-12-7-5-4-6-8-12;1-7(2)8(3)6-9-4-5-9;1-5-6-7-9(4)8(2)3;1-6(2)7(3)5-8(4)9;1-5-9-6-8(4)7(2)3;1-2/h4-8,10-11H,9H2,1-3H3;7-9H,4-6H2,1-3H3;5-6,8-9H,7H2,1-4H3;6-7H,5H2,1-4H3;7-8H,5-6H2,1-4H3;1-2H3/b;;6-5+;;;. The van der Waals surface area contributed by atoms with Crippen molar-refractivity contribution < 1.29 is 14.3 Å². The van der Waals surface area contributed by atoms with Crippen molar-refractivity contribution >= 4 is 5.78 Å². The number of ketones is 1. The van der Waals surface area contributed by atoms with E-state index in [4.69, 9.17) is 9.47 Å². The third-order valence-electron chi connectivity index (χ3n) is 10.3. The van der Waals surface area contributed by atoms with E-state index in [0.717, 1.165) is 67.5 Å². The SMILES string of the molecule is C/C=C/CC(C)C(C)C.CC.CC(=O)CC(C)C(C)C.CC(C)C(C)CC1CC1.CC(C)C(C)COc1ccccc1.CCOCC(C)C(C)C. The highest BCUT2D eigenvalue weighted by molar-refractivity contribution is 5.75. The van der Waals surface area contributed by atoms with Crippen LogP contribution >= 0.6 is 0 Å². The van der Waals surface area contributed by atoms with E-state index in [0.29, 0.717) is 35.4 Å².